The van der Waals surface area contributed by atoms with Gasteiger partial charge in [-0.3, -0.25) is 14.2 Å². The standard InChI is InChI=1S/C15H23N3O4S/c1-10(2)8-23(21,22)13-5-17(6-13)14(19)7-18-9-16-12(4)11(3)15(18)20/h9-10,13H,5-8H2,1-4H3. The molecule has 0 aromatic carbocycles. The van der Waals surface area contributed by atoms with E-state index in [-0.39, 0.29) is 42.8 Å². The first-order valence-corrected chi connectivity index (χ1v) is 9.35. The molecule has 23 heavy (non-hydrogen) atoms. The molecule has 1 aliphatic heterocycles. The van der Waals surface area contributed by atoms with Crippen LogP contribution in [0.15, 0.2) is 11.1 Å². The van der Waals surface area contributed by atoms with Crippen LogP contribution in [-0.4, -0.2) is 52.9 Å². The van der Waals surface area contributed by atoms with Crippen molar-refractivity contribution in [3.05, 3.63) is 27.9 Å². The van der Waals surface area contributed by atoms with E-state index >= 15 is 0 Å². The number of nitrogens with zero attached hydrogens (tertiary/aromatic N) is 3. The van der Waals surface area contributed by atoms with Gasteiger partial charge in [-0.1, -0.05) is 13.8 Å². The number of likely N-dealkylation sites (tertiary alicyclic amines) is 1. The lowest BCUT2D eigenvalue weighted by Crippen LogP contribution is -2.58. The van der Waals surface area contributed by atoms with Crippen molar-refractivity contribution in [1.29, 1.82) is 0 Å². The summed E-state index contributed by atoms with van der Waals surface area (Å²) in [7, 11) is -3.16. The fourth-order valence-electron chi connectivity index (χ4n) is 2.50. The monoisotopic (exact) mass is 341 g/mol. The van der Waals surface area contributed by atoms with Crippen LogP contribution in [0.3, 0.4) is 0 Å². The van der Waals surface area contributed by atoms with Crippen molar-refractivity contribution >= 4 is 15.7 Å². The maximum Gasteiger partial charge on any atom is 0.256 e. The van der Waals surface area contributed by atoms with Crippen LogP contribution in [0.1, 0.15) is 25.1 Å². The predicted octanol–water partition coefficient (Wildman–Crippen LogP) is 0.142. The van der Waals surface area contributed by atoms with E-state index in [4.69, 9.17) is 0 Å². The van der Waals surface area contributed by atoms with Crippen LogP contribution in [0.4, 0.5) is 0 Å². The molecule has 0 N–H and O–H groups in total. The minimum Gasteiger partial charge on any atom is -0.338 e. The fraction of sp³-hybridized carbons (Fsp3) is 0.667. The molecule has 0 atom stereocenters. The molecule has 1 fully saturated rings. The zero-order valence-corrected chi connectivity index (χ0v) is 14.8. The minimum atomic E-state index is -3.16. The van der Waals surface area contributed by atoms with Crippen molar-refractivity contribution in [3.63, 3.8) is 0 Å². The Morgan fingerprint density at radius 3 is 2.52 bits per heavy atom. The lowest BCUT2D eigenvalue weighted by atomic mass is 10.2. The average Bonchev–Trinajstić information content (AvgIpc) is 2.35. The Hall–Kier alpha value is -1.70. The molecule has 0 bridgehead atoms. The van der Waals surface area contributed by atoms with Crippen LogP contribution < -0.4 is 5.56 Å². The summed E-state index contributed by atoms with van der Waals surface area (Å²) in [6.45, 7) is 7.44. The van der Waals surface area contributed by atoms with E-state index in [2.05, 4.69) is 4.98 Å². The Kier molecular flexibility index (Phi) is 4.93. The topological polar surface area (TPSA) is 89.3 Å². The Labute approximate surface area is 136 Å². The van der Waals surface area contributed by atoms with Crippen molar-refractivity contribution < 1.29 is 13.2 Å². The molecule has 8 heteroatoms. The molecule has 0 spiro atoms. The zero-order valence-electron chi connectivity index (χ0n) is 13.9. The van der Waals surface area contributed by atoms with Gasteiger partial charge in [-0.25, -0.2) is 13.4 Å². The number of aryl methyl sites for hydroxylation is 1. The third kappa shape index (κ3) is 3.80. The summed E-state index contributed by atoms with van der Waals surface area (Å²) < 4.78 is 25.4. The summed E-state index contributed by atoms with van der Waals surface area (Å²) in [5, 5.41) is -0.483. The molecule has 128 valence electrons. The van der Waals surface area contributed by atoms with Gasteiger partial charge in [0, 0.05) is 24.3 Å². The van der Waals surface area contributed by atoms with Gasteiger partial charge in [0.2, 0.25) is 5.91 Å². The van der Waals surface area contributed by atoms with Gasteiger partial charge in [-0.05, 0) is 19.8 Å². The number of amides is 1. The summed E-state index contributed by atoms with van der Waals surface area (Å²) in [4.78, 5) is 29.8. The SMILES string of the molecule is Cc1ncn(CC(=O)N2CC(S(=O)(=O)CC(C)C)C2)c(=O)c1C. The molecule has 7 nitrogen and oxygen atoms in total. The van der Waals surface area contributed by atoms with Gasteiger partial charge < -0.3 is 4.90 Å². The van der Waals surface area contributed by atoms with E-state index in [1.807, 2.05) is 13.8 Å². The number of carbonyl (C=O) groups excluding carboxylic acids is 1. The number of hydrogen-bond acceptors (Lipinski definition) is 5. The highest BCUT2D eigenvalue weighted by molar-refractivity contribution is 7.92. The van der Waals surface area contributed by atoms with E-state index < -0.39 is 15.1 Å². The van der Waals surface area contributed by atoms with Gasteiger partial charge in [-0.2, -0.15) is 0 Å². The molecule has 0 radical (unpaired) electrons. The third-order valence-corrected chi connectivity index (χ3v) is 6.54. The van der Waals surface area contributed by atoms with Gasteiger partial charge >= 0.3 is 0 Å². The highest BCUT2D eigenvalue weighted by atomic mass is 32.2. The molecule has 2 rings (SSSR count). The molecule has 1 aromatic rings. The van der Waals surface area contributed by atoms with Crippen LogP contribution in [0.2, 0.25) is 0 Å². The van der Waals surface area contributed by atoms with Crippen molar-refractivity contribution in [2.45, 2.75) is 39.5 Å². The lowest BCUT2D eigenvalue weighted by Gasteiger charge is -2.39. The number of sulfone groups is 1. The first-order chi connectivity index (χ1) is 10.6. The smallest absolute Gasteiger partial charge is 0.256 e. The van der Waals surface area contributed by atoms with Gasteiger partial charge in [0.25, 0.3) is 5.56 Å². The second-order valence-corrected chi connectivity index (χ2v) is 8.86. The maximum atomic E-state index is 12.2. The second kappa shape index (κ2) is 6.43. The second-order valence-electron chi connectivity index (χ2n) is 6.53. The van der Waals surface area contributed by atoms with Crippen LogP contribution in [0, 0.1) is 19.8 Å². The molecular weight excluding hydrogens is 318 g/mol. The van der Waals surface area contributed by atoms with Crippen LogP contribution in [0.25, 0.3) is 0 Å². The van der Waals surface area contributed by atoms with E-state index in [9.17, 15) is 18.0 Å². The third-order valence-electron chi connectivity index (χ3n) is 4.09. The summed E-state index contributed by atoms with van der Waals surface area (Å²) in [6, 6.07) is 0. The van der Waals surface area contributed by atoms with E-state index in [0.29, 0.717) is 11.3 Å². The van der Waals surface area contributed by atoms with E-state index in [1.165, 1.54) is 15.8 Å². The summed E-state index contributed by atoms with van der Waals surface area (Å²) >= 11 is 0. The Balaban J connectivity index is 1.98. The summed E-state index contributed by atoms with van der Waals surface area (Å²) in [5.74, 6) is -0.0432. The van der Waals surface area contributed by atoms with E-state index in [0.717, 1.165) is 0 Å². The fourth-order valence-corrected chi connectivity index (χ4v) is 4.52. The summed E-state index contributed by atoms with van der Waals surface area (Å²) in [5.41, 5.74) is 0.916. The molecule has 2 heterocycles. The zero-order chi connectivity index (χ0) is 17.4. The Morgan fingerprint density at radius 2 is 1.96 bits per heavy atom. The van der Waals surface area contributed by atoms with Gasteiger partial charge in [0.05, 0.1) is 17.3 Å². The molecule has 1 amide bonds. The van der Waals surface area contributed by atoms with Crippen LogP contribution in [0.5, 0.6) is 0 Å². The first kappa shape index (κ1) is 17.7. The van der Waals surface area contributed by atoms with Crippen molar-refractivity contribution in [2.75, 3.05) is 18.8 Å². The van der Waals surface area contributed by atoms with Crippen molar-refractivity contribution in [1.82, 2.24) is 14.5 Å². The lowest BCUT2D eigenvalue weighted by molar-refractivity contribution is -0.135. The van der Waals surface area contributed by atoms with Crippen molar-refractivity contribution in [2.24, 2.45) is 5.92 Å². The largest absolute Gasteiger partial charge is 0.338 e. The molecule has 1 aliphatic rings. The number of carbonyl (C=O) groups is 1. The average molecular weight is 341 g/mol. The van der Waals surface area contributed by atoms with Crippen molar-refractivity contribution in [3.8, 4) is 0 Å². The highest BCUT2D eigenvalue weighted by Crippen LogP contribution is 2.19. The highest BCUT2D eigenvalue weighted by Gasteiger charge is 2.39. The van der Waals surface area contributed by atoms with Crippen LogP contribution >= 0.6 is 0 Å². The molecule has 0 unspecified atom stereocenters. The molecule has 1 saturated heterocycles. The number of aromatic nitrogens is 2. The van der Waals surface area contributed by atoms with Gasteiger partial charge in [0.15, 0.2) is 9.84 Å². The maximum absolute atomic E-state index is 12.2. The molecule has 0 saturated carbocycles. The molecule has 1 aromatic heterocycles. The number of rotatable bonds is 5. The molecular formula is C15H23N3O4S. The predicted molar refractivity (Wildman–Crippen MR) is 87.0 cm³/mol. The minimum absolute atomic E-state index is 0.0740. The Bertz CT molecular complexity index is 761. The summed E-state index contributed by atoms with van der Waals surface area (Å²) in [6.07, 6.45) is 1.36. The number of hydrogen-bond donors (Lipinski definition) is 0. The molecule has 0 aliphatic carbocycles. The van der Waals surface area contributed by atoms with Gasteiger partial charge in [-0.15, -0.1) is 0 Å². The van der Waals surface area contributed by atoms with E-state index in [1.54, 1.807) is 13.8 Å². The quantitative estimate of drug-likeness (QED) is 0.760. The normalized spacial score (nSPS) is 15.8. The van der Waals surface area contributed by atoms with Gasteiger partial charge in [0.1, 0.15) is 6.54 Å². The Morgan fingerprint density at radius 1 is 1.35 bits per heavy atom. The first-order valence-electron chi connectivity index (χ1n) is 7.63. The van der Waals surface area contributed by atoms with Crippen LogP contribution in [-0.2, 0) is 21.2 Å².